The Kier molecular flexibility index (Phi) is 4.92. The molecular formula is C24H19F3N4O. The van der Waals surface area contributed by atoms with Gasteiger partial charge in [0, 0.05) is 17.3 Å². The Labute approximate surface area is 182 Å². The van der Waals surface area contributed by atoms with Crippen molar-refractivity contribution in [3.63, 3.8) is 0 Å². The summed E-state index contributed by atoms with van der Waals surface area (Å²) in [5.41, 5.74) is 2.17. The van der Waals surface area contributed by atoms with E-state index in [1.54, 1.807) is 35.2 Å². The largest absolute Gasteiger partial charge is 0.305 e. The number of nitrogens with zero attached hydrogens (tertiary/aromatic N) is 4. The van der Waals surface area contributed by atoms with Gasteiger partial charge in [0.2, 0.25) is 0 Å². The fourth-order valence-electron chi connectivity index (χ4n) is 4.21. The van der Waals surface area contributed by atoms with Gasteiger partial charge in [-0.15, -0.1) is 0 Å². The molecule has 1 atom stereocenters. The Morgan fingerprint density at radius 2 is 1.91 bits per heavy atom. The lowest BCUT2D eigenvalue weighted by molar-refractivity contribution is 0.0976. The zero-order chi connectivity index (χ0) is 22.4. The van der Waals surface area contributed by atoms with Gasteiger partial charge >= 0.3 is 0 Å². The highest BCUT2D eigenvalue weighted by Crippen LogP contribution is 2.34. The smallest absolute Gasteiger partial charge is 0.280 e. The van der Waals surface area contributed by atoms with Crippen LogP contribution >= 0.6 is 0 Å². The first-order chi connectivity index (χ1) is 15.4. The molecule has 4 aromatic rings. The number of hydrogen-bond donors (Lipinski definition) is 0. The summed E-state index contributed by atoms with van der Waals surface area (Å²) in [5.74, 6) is -0.768. The van der Waals surface area contributed by atoms with Crippen molar-refractivity contribution in [1.29, 1.82) is 0 Å². The summed E-state index contributed by atoms with van der Waals surface area (Å²) in [6.45, 7) is 1.91. The number of anilines is 1. The van der Waals surface area contributed by atoms with E-state index in [1.807, 2.05) is 13.0 Å². The third-order valence-electron chi connectivity index (χ3n) is 5.81. The Balaban J connectivity index is 1.67. The summed E-state index contributed by atoms with van der Waals surface area (Å²) < 4.78 is 42.4. The number of carbonyl (C=O) groups excluding carboxylic acids is 1. The first-order valence-electron chi connectivity index (χ1n) is 10.3. The van der Waals surface area contributed by atoms with Crippen molar-refractivity contribution in [2.24, 2.45) is 0 Å². The number of benzene rings is 2. The van der Waals surface area contributed by atoms with Crippen LogP contribution in [0, 0.1) is 5.82 Å². The Morgan fingerprint density at radius 3 is 2.66 bits per heavy atom. The second-order valence-electron chi connectivity index (χ2n) is 7.86. The van der Waals surface area contributed by atoms with Crippen LogP contribution < -0.4 is 4.90 Å². The molecule has 1 aliphatic heterocycles. The number of aromatic nitrogens is 3. The van der Waals surface area contributed by atoms with Gasteiger partial charge in [-0.2, -0.15) is 5.10 Å². The van der Waals surface area contributed by atoms with Gasteiger partial charge in [0.25, 0.3) is 12.3 Å². The van der Waals surface area contributed by atoms with Crippen molar-refractivity contribution in [3.05, 3.63) is 83.4 Å². The third kappa shape index (κ3) is 3.32. The molecule has 2 aromatic carbocycles. The van der Waals surface area contributed by atoms with Gasteiger partial charge in [0.1, 0.15) is 17.1 Å². The molecule has 2 aromatic heterocycles. The van der Waals surface area contributed by atoms with Crippen molar-refractivity contribution in [2.75, 3.05) is 4.90 Å². The zero-order valence-corrected chi connectivity index (χ0v) is 17.2. The van der Waals surface area contributed by atoms with Crippen molar-refractivity contribution >= 4 is 17.2 Å². The average molecular weight is 436 g/mol. The normalized spacial score (nSPS) is 15.9. The molecule has 32 heavy (non-hydrogen) atoms. The quantitative estimate of drug-likeness (QED) is 0.429. The topological polar surface area (TPSA) is 50.5 Å². The fourth-order valence-corrected chi connectivity index (χ4v) is 4.21. The minimum Gasteiger partial charge on any atom is -0.305 e. The molecular weight excluding hydrogens is 417 g/mol. The van der Waals surface area contributed by atoms with Crippen molar-refractivity contribution < 1.29 is 18.0 Å². The molecule has 0 spiro atoms. The van der Waals surface area contributed by atoms with E-state index in [2.05, 4.69) is 10.1 Å². The standard InChI is InChI=1S/C24H19F3N4O/c1-14-7-8-16-11-17(25)9-10-20(16)30(14)24(32)18-13-28-31-21(22(26)27)12-19(29-23(18)31)15-5-3-2-4-6-15/h2-6,9-14,22H,7-8H2,1H3/t14-/m1/s1. The SMILES string of the molecule is C[C@@H]1CCc2cc(F)ccc2N1C(=O)c1cnn2c(C(F)F)cc(-c3ccccc3)nc12. The summed E-state index contributed by atoms with van der Waals surface area (Å²) >= 11 is 0. The Hall–Kier alpha value is -3.68. The van der Waals surface area contributed by atoms with Gasteiger partial charge in [-0.1, -0.05) is 30.3 Å². The van der Waals surface area contributed by atoms with E-state index in [1.165, 1.54) is 24.4 Å². The molecule has 5 nitrogen and oxygen atoms in total. The molecule has 0 N–H and O–H groups in total. The minimum atomic E-state index is -2.80. The van der Waals surface area contributed by atoms with E-state index in [-0.39, 0.29) is 28.8 Å². The number of rotatable bonds is 3. The molecule has 0 aliphatic carbocycles. The highest BCUT2D eigenvalue weighted by Gasteiger charge is 2.32. The average Bonchev–Trinajstić information content (AvgIpc) is 3.22. The molecule has 5 rings (SSSR count). The molecule has 8 heteroatoms. The molecule has 3 heterocycles. The second kappa shape index (κ2) is 7.78. The molecule has 0 saturated heterocycles. The summed E-state index contributed by atoms with van der Waals surface area (Å²) in [4.78, 5) is 19.7. The third-order valence-corrected chi connectivity index (χ3v) is 5.81. The van der Waals surface area contributed by atoms with Gasteiger partial charge in [-0.25, -0.2) is 22.7 Å². The highest BCUT2D eigenvalue weighted by atomic mass is 19.3. The predicted molar refractivity (Wildman–Crippen MR) is 114 cm³/mol. The van der Waals surface area contributed by atoms with Crippen LogP contribution in [-0.4, -0.2) is 26.5 Å². The van der Waals surface area contributed by atoms with Crippen LogP contribution in [0.4, 0.5) is 18.9 Å². The summed E-state index contributed by atoms with van der Waals surface area (Å²) in [6, 6.07) is 14.4. The fraction of sp³-hybridized carbons (Fsp3) is 0.208. The van der Waals surface area contributed by atoms with Crippen LogP contribution in [0.1, 0.15) is 41.4 Å². The number of fused-ring (bicyclic) bond motifs is 2. The van der Waals surface area contributed by atoms with Crippen LogP contribution in [0.2, 0.25) is 0 Å². The van der Waals surface area contributed by atoms with Crippen molar-refractivity contribution in [2.45, 2.75) is 32.2 Å². The van der Waals surface area contributed by atoms with Gasteiger partial charge in [0.15, 0.2) is 5.65 Å². The van der Waals surface area contributed by atoms with E-state index in [0.29, 0.717) is 29.8 Å². The Morgan fingerprint density at radius 1 is 1.12 bits per heavy atom. The maximum absolute atomic E-state index is 13.8. The molecule has 0 fully saturated rings. The number of hydrogen-bond acceptors (Lipinski definition) is 3. The molecule has 1 amide bonds. The van der Waals surface area contributed by atoms with Crippen LogP contribution in [0.15, 0.2) is 60.8 Å². The predicted octanol–water partition coefficient (Wildman–Crippen LogP) is 5.45. The number of carbonyl (C=O) groups is 1. The lowest BCUT2D eigenvalue weighted by Gasteiger charge is -2.35. The maximum atomic E-state index is 13.8. The van der Waals surface area contributed by atoms with Crippen molar-refractivity contribution in [3.8, 4) is 11.3 Å². The van der Waals surface area contributed by atoms with E-state index >= 15 is 0 Å². The molecule has 162 valence electrons. The zero-order valence-electron chi connectivity index (χ0n) is 17.2. The number of halogens is 3. The highest BCUT2D eigenvalue weighted by molar-refractivity contribution is 6.10. The molecule has 0 unspecified atom stereocenters. The summed E-state index contributed by atoms with van der Waals surface area (Å²) in [7, 11) is 0. The summed E-state index contributed by atoms with van der Waals surface area (Å²) in [5, 5.41) is 4.05. The molecule has 1 aliphatic rings. The second-order valence-corrected chi connectivity index (χ2v) is 7.86. The summed E-state index contributed by atoms with van der Waals surface area (Å²) in [6.07, 6.45) is -0.218. The molecule has 0 saturated carbocycles. The maximum Gasteiger partial charge on any atom is 0.280 e. The van der Waals surface area contributed by atoms with Gasteiger partial charge in [0.05, 0.1) is 11.9 Å². The number of aryl methyl sites for hydroxylation is 1. The van der Waals surface area contributed by atoms with Crippen LogP contribution in [0.25, 0.3) is 16.9 Å². The van der Waals surface area contributed by atoms with Crippen LogP contribution in [-0.2, 0) is 6.42 Å². The van der Waals surface area contributed by atoms with Crippen molar-refractivity contribution in [1.82, 2.24) is 14.6 Å². The molecule has 0 radical (unpaired) electrons. The van der Waals surface area contributed by atoms with Gasteiger partial charge in [-0.3, -0.25) is 4.79 Å². The van der Waals surface area contributed by atoms with Crippen LogP contribution in [0.5, 0.6) is 0 Å². The lowest BCUT2D eigenvalue weighted by Crippen LogP contribution is -2.42. The van der Waals surface area contributed by atoms with E-state index < -0.39 is 12.3 Å². The first-order valence-corrected chi connectivity index (χ1v) is 10.3. The van der Waals surface area contributed by atoms with E-state index in [9.17, 15) is 18.0 Å². The first kappa shape index (κ1) is 20.2. The van der Waals surface area contributed by atoms with Gasteiger partial charge in [-0.05, 0) is 49.6 Å². The number of amides is 1. The minimum absolute atomic E-state index is 0.0630. The lowest BCUT2D eigenvalue weighted by atomic mass is 9.96. The number of alkyl halides is 2. The van der Waals surface area contributed by atoms with Gasteiger partial charge < -0.3 is 4.90 Å². The van der Waals surface area contributed by atoms with E-state index in [0.717, 1.165) is 10.1 Å². The van der Waals surface area contributed by atoms with Crippen LogP contribution in [0.3, 0.4) is 0 Å². The Bertz CT molecular complexity index is 1320. The van der Waals surface area contributed by atoms with E-state index in [4.69, 9.17) is 0 Å². The monoisotopic (exact) mass is 436 g/mol. The molecule has 0 bridgehead atoms.